The normalized spacial score (nSPS) is 13.6. The maximum atomic E-state index is 11.2. The van der Waals surface area contributed by atoms with Gasteiger partial charge in [0.25, 0.3) is 0 Å². The van der Waals surface area contributed by atoms with E-state index >= 15 is 0 Å². The summed E-state index contributed by atoms with van der Waals surface area (Å²) in [5.41, 5.74) is 1.01. The molecule has 12 heteroatoms. The summed E-state index contributed by atoms with van der Waals surface area (Å²) in [6.07, 6.45) is 2.62. The van der Waals surface area contributed by atoms with Crippen LogP contribution in [0.1, 0.15) is 20.7 Å². The standard InChI is InChI=1S/C10H6O2.K.Na.2H2O3S/c11-9-5-6-10(12)8-4-2-1-3-7(8)9;;;2*1-4(2)3/h1-6H;;;2*(H2,1,2,3)/q;2*+1;;/p-2. The monoisotopic (exact) mass is 382 g/mol. The van der Waals surface area contributed by atoms with Gasteiger partial charge in [-0.15, -0.1) is 0 Å². The van der Waals surface area contributed by atoms with Crippen molar-refractivity contribution in [2.45, 2.75) is 0 Å². The van der Waals surface area contributed by atoms with Crippen molar-refractivity contribution < 1.29 is 117 Å². The maximum Gasteiger partial charge on any atom is 1.00 e. The van der Waals surface area contributed by atoms with Crippen LogP contribution in [0.2, 0.25) is 0 Å². The molecule has 8 nitrogen and oxygen atoms in total. The van der Waals surface area contributed by atoms with Crippen LogP contribution in [0.5, 0.6) is 0 Å². The van der Waals surface area contributed by atoms with Gasteiger partial charge in [-0.3, -0.25) is 9.59 Å². The number of fused-ring (bicyclic) bond motifs is 1. The fraction of sp³-hybridized carbons (Fsp3) is 0. The molecule has 0 aromatic heterocycles. The molecule has 2 unspecified atom stereocenters. The van der Waals surface area contributed by atoms with Gasteiger partial charge in [-0.25, -0.2) is 8.42 Å². The first kappa shape index (κ1) is 27.9. The molecule has 0 amide bonds. The molecule has 0 fully saturated rings. The number of allylic oxidation sites excluding steroid dienone is 2. The van der Waals surface area contributed by atoms with E-state index in [1.165, 1.54) is 12.2 Å². The van der Waals surface area contributed by atoms with Crippen LogP contribution in [-0.2, 0) is 22.7 Å². The molecule has 2 rings (SSSR count). The zero-order chi connectivity index (χ0) is 15.7. The Morgan fingerprint density at radius 2 is 1.05 bits per heavy atom. The van der Waals surface area contributed by atoms with E-state index in [4.69, 9.17) is 26.6 Å². The fourth-order valence-corrected chi connectivity index (χ4v) is 1.24. The SMILES string of the molecule is O=C1C=CC(=O)c2ccccc21.O=S([O-])O.O=S([O-])O.[K+].[Na+]. The third-order valence-corrected chi connectivity index (χ3v) is 1.84. The first-order chi connectivity index (χ1) is 9.25. The molecule has 0 bridgehead atoms. The van der Waals surface area contributed by atoms with Crippen molar-refractivity contribution in [3.05, 3.63) is 47.5 Å². The molecule has 1 aromatic carbocycles. The van der Waals surface area contributed by atoms with Gasteiger partial charge >= 0.3 is 80.9 Å². The zero-order valence-corrected chi connectivity index (χ0v) is 18.4. The smallest absolute Gasteiger partial charge is 0.750 e. The van der Waals surface area contributed by atoms with E-state index in [-0.39, 0.29) is 92.5 Å². The van der Waals surface area contributed by atoms with Gasteiger partial charge in [0.05, 0.1) is 22.7 Å². The quantitative estimate of drug-likeness (QED) is 0.332. The van der Waals surface area contributed by atoms with Crippen LogP contribution in [0.3, 0.4) is 0 Å². The van der Waals surface area contributed by atoms with E-state index in [1.54, 1.807) is 24.3 Å². The molecule has 2 N–H and O–H groups in total. The molecular weight excluding hydrogens is 374 g/mol. The summed E-state index contributed by atoms with van der Waals surface area (Å²) < 4.78 is 48.2. The van der Waals surface area contributed by atoms with Gasteiger partial charge in [-0.05, 0) is 12.2 Å². The first-order valence-electron chi connectivity index (χ1n) is 4.68. The van der Waals surface area contributed by atoms with Gasteiger partial charge < -0.3 is 18.2 Å². The number of hydrogen-bond donors (Lipinski definition) is 2. The van der Waals surface area contributed by atoms with E-state index in [0.29, 0.717) is 11.1 Å². The molecule has 0 aliphatic heterocycles. The Morgan fingerprint density at radius 3 is 1.27 bits per heavy atom. The van der Waals surface area contributed by atoms with Crippen molar-refractivity contribution in [2.75, 3.05) is 0 Å². The fourth-order valence-electron chi connectivity index (χ4n) is 1.24. The molecule has 110 valence electrons. The predicted molar refractivity (Wildman–Crippen MR) is 67.3 cm³/mol. The van der Waals surface area contributed by atoms with Gasteiger partial charge in [0.1, 0.15) is 0 Å². The van der Waals surface area contributed by atoms with Crippen molar-refractivity contribution >= 4 is 34.3 Å². The van der Waals surface area contributed by atoms with Gasteiger partial charge in [0.15, 0.2) is 11.6 Å². The van der Waals surface area contributed by atoms with Gasteiger partial charge in [-0.2, -0.15) is 0 Å². The molecular formula is C10H8KNaO8S2. The average Bonchev–Trinajstić information content (AvgIpc) is 2.33. The second-order valence-electron chi connectivity index (χ2n) is 3.04. The first-order valence-corrected chi connectivity index (χ1v) is 6.74. The van der Waals surface area contributed by atoms with E-state index in [1.807, 2.05) is 0 Å². The minimum absolute atomic E-state index is 0. The van der Waals surface area contributed by atoms with Crippen LogP contribution in [0.15, 0.2) is 36.4 Å². The van der Waals surface area contributed by atoms with Crippen LogP contribution < -0.4 is 80.9 Å². The Bertz CT molecular complexity index is 521. The molecule has 0 heterocycles. The molecule has 0 saturated carbocycles. The maximum absolute atomic E-state index is 11.2. The Hall–Kier alpha value is 1.08. The third kappa shape index (κ3) is 13.5. The van der Waals surface area contributed by atoms with Crippen molar-refractivity contribution in [2.24, 2.45) is 0 Å². The second kappa shape index (κ2) is 15.6. The number of carbonyl (C=O) groups excluding carboxylic acids is 2. The summed E-state index contributed by atoms with van der Waals surface area (Å²) in [4.78, 5) is 22.4. The van der Waals surface area contributed by atoms with E-state index in [0.717, 1.165) is 0 Å². The molecule has 0 saturated heterocycles. The zero-order valence-electron chi connectivity index (χ0n) is 11.6. The topological polar surface area (TPSA) is 155 Å². The molecule has 0 spiro atoms. The van der Waals surface area contributed by atoms with Crippen molar-refractivity contribution in [3.8, 4) is 0 Å². The van der Waals surface area contributed by atoms with Crippen molar-refractivity contribution in [1.82, 2.24) is 0 Å². The Morgan fingerprint density at radius 1 is 0.818 bits per heavy atom. The molecule has 1 aromatic rings. The van der Waals surface area contributed by atoms with Gasteiger partial charge in [0.2, 0.25) is 0 Å². The summed E-state index contributed by atoms with van der Waals surface area (Å²) in [5.74, 6) is -0.185. The number of rotatable bonds is 0. The number of ketones is 2. The summed E-state index contributed by atoms with van der Waals surface area (Å²) in [7, 11) is 0. The molecule has 2 atom stereocenters. The van der Waals surface area contributed by atoms with Crippen LogP contribution in [0, 0.1) is 0 Å². The van der Waals surface area contributed by atoms with Crippen LogP contribution in [0.25, 0.3) is 0 Å². The predicted octanol–water partition coefficient (Wildman–Crippen LogP) is -5.69. The number of hydrogen-bond acceptors (Lipinski definition) is 6. The van der Waals surface area contributed by atoms with E-state index in [2.05, 4.69) is 0 Å². The molecule has 1 aliphatic rings. The third-order valence-electron chi connectivity index (χ3n) is 1.84. The Kier molecular flexibility index (Phi) is 19.8. The second-order valence-corrected chi connectivity index (χ2v) is 3.91. The van der Waals surface area contributed by atoms with Crippen LogP contribution in [0.4, 0.5) is 0 Å². The van der Waals surface area contributed by atoms with Crippen LogP contribution in [-0.4, -0.2) is 38.2 Å². The van der Waals surface area contributed by atoms with Crippen molar-refractivity contribution in [1.29, 1.82) is 0 Å². The molecule has 22 heavy (non-hydrogen) atoms. The van der Waals surface area contributed by atoms with E-state index in [9.17, 15) is 9.59 Å². The minimum Gasteiger partial charge on any atom is -0.750 e. The molecule has 0 radical (unpaired) electrons. The minimum atomic E-state index is -2.86. The van der Waals surface area contributed by atoms with E-state index < -0.39 is 22.7 Å². The Labute approximate surface area is 196 Å². The van der Waals surface area contributed by atoms with Crippen molar-refractivity contribution in [3.63, 3.8) is 0 Å². The van der Waals surface area contributed by atoms with Gasteiger partial charge in [-0.1, -0.05) is 24.3 Å². The summed E-state index contributed by atoms with van der Waals surface area (Å²) in [5, 5.41) is 0. The van der Waals surface area contributed by atoms with Crippen LogP contribution >= 0.6 is 0 Å². The summed E-state index contributed by atoms with van der Waals surface area (Å²) in [6, 6.07) is 6.84. The van der Waals surface area contributed by atoms with Gasteiger partial charge in [0, 0.05) is 11.1 Å². The average molecular weight is 382 g/mol. The number of benzene rings is 1. The summed E-state index contributed by atoms with van der Waals surface area (Å²) >= 11 is -5.72. The summed E-state index contributed by atoms with van der Waals surface area (Å²) in [6.45, 7) is 0. The Balaban J connectivity index is -0.000000310. The largest absolute Gasteiger partial charge is 1.00 e. The number of carbonyl (C=O) groups is 2. The molecule has 1 aliphatic carbocycles.